The number of carboxylic acid groups (broad SMARTS) is 2. The molecule has 0 spiro atoms. The molecule has 3 aromatic rings. The molecule has 0 aliphatic heterocycles. The van der Waals surface area contributed by atoms with E-state index >= 15 is 4.39 Å². The lowest BCUT2D eigenvalue weighted by Gasteiger charge is -2.41. The second-order valence-electron chi connectivity index (χ2n) is 17.4. The number of nitrogens with one attached hydrogen (secondary N) is 5. The third-order valence-corrected chi connectivity index (χ3v) is 10.6. The molecule has 7 amide bonds. The Morgan fingerprint density at radius 2 is 1.48 bits per heavy atom. The van der Waals surface area contributed by atoms with Crippen LogP contribution in [-0.4, -0.2) is 128 Å². The Labute approximate surface area is 398 Å². The summed E-state index contributed by atoms with van der Waals surface area (Å²) < 4.78 is 38.8. The number of halogens is 2. The molecular weight excluding hydrogens is 909 g/mol. The van der Waals surface area contributed by atoms with Gasteiger partial charge in [-0.3, -0.25) is 38.4 Å². The number of amides is 7. The fourth-order valence-electron chi connectivity index (χ4n) is 7.23. The number of rotatable bonds is 27. The van der Waals surface area contributed by atoms with Gasteiger partial charge in [-0.05, 0) is 61.9 Å². The predicted octanol–water partition coefficient (Wildman–Crippen LogP) is 0.417. The Morgan fingerprint density at radius 1 is 0.812 bits per heavy atom. The van der Waals surface area contributed by atoms with Crippen molar-refractivity contribution >= 4 is 53.3 Å². The van der Waals surface area contributed by atoms with E-state index < -0.39 is 158 Å². The smallest absolute Gasteiger partial charge is 0.326 e. The fourth-order valence-corrected chi connectivity index (χ4v) is 7.23. The number of nitrogens with zero attached hydrogens (tertiary/aromatic N) is 2. The number of hydrogen-bond acceptors (Lipinski definition) is 11. The summed E-state index contributed by atoms with van der Waals surface area (Å²) in [4.78, 5) is 116. The highest BCUT2D eigenvalue weighted by Crippen LogP contribution is 2.41. The highest BCUT2D eigenvalue weighted by molar-refractivity contribution is 5.96. The highest BCUT2D eigenvalue weighted by Gasteiger charge is 2.38. The number of primary amides is 1. The predicted molar refractivity (Wildman–Crippen MR) is 244 cm³/mol. The molecule has 1 aromatic heterocycles. The molecule has 0 aliphatic carbocycles. The van der Waals surface area contributed by atoms with Gasteiger partial charge in [0.15, 0.2) is 0 Å². The number of carbonyl (C=O) groups excluding carboxylic acids is 7. The van der Waals surface area contributed by atoms with Crippen LogP contribution in [0.5, 0.6) is 0 Å². The Hall–Kier alpha value is -7.27. The van der Waals surface area contributed by atoms with Crippen molar-refractivity contribution in [3.05, 3.63) is 83.7 Å². The first-order valence-electron chi connectivity index (χ1n) is 22.3. The van der Waals surface area contributed by atoms with Crippen molar-refractivity contribution in [1.29, 1.82) is 0 Å². The molecule has 0 saturated heterocycles. The van der Waals surface area contributed by atoms with Gasteiger partial charge in [0.2, 0.25) is 41.4 Å². The minimum absolute atomic E-state index is 0.0820. The van der Waals surface area contributed by atoms with Crippen molar-refractivity contribution < 1.29 is 68.7 Å². The summed E-state index contributed by atoms with van der Waals surface area (Å²) in [5.74, 6) is -10.9. The lowest BCUT2D eigenvalue weighted by atomic mass is 9.82. The zero-order valence-corrected chi connectivity index (χ0v) is 38.8. The number of benzene rings is 2. The van der Waals surface area contributed by atoms with E-state index in [1.54, 1.807) is 55.8 Å². The van der Waals surface area contributed by atoms with Gasteiger partial charge in [-0.25, -0.2) is 13.6 Å². The summed E-state index contributed by atoms with van der Waals surface area (Å²) in [6, 6.07) is 5.26. The van der Waals surface area contributed by atoms with Gasteiger partial charge in [0.1, 0.15) is 43.8 Å². The van der Waals surface area contributed by atoms with Crippen molar-refractivity contribution in [3.8, 4) is 11.1 Å². The van der Waals surface area contributed by atoms with Crippen molar-refractivity contribution in [2.75, 3.05) is 19.7 Å². The molecule has 21 nitrogen and oxygen atoms in total. The van der Waals surface area contributed by atoms with Gasteiger partial charge < -0.3 is 62.8 Å². The second-order valence-corrected chi connectivity index (χ2v) is 17.4. The number of carbonyl (C=O) groups is 9. The number of aliphatic carboxylic acids is 2. The Balaban J connectivity index is 2.08. The van der Waals surface area contributed by atoms with Crippen LogP contribution >= 0.6 is 0 Å². The van der Waals surface area contributed by atoms with E-state index in [1.165, 1.54) is 18.7 Å². The molecule has 0 unspecified atom stereocenters. The Morgan fingerprint density at radius 3 is 2.07 bits per heavy atom. The van der Waals surface area contributed by atoms with Gasteiger partial charge in [0.05, 0.1) is 18.5 Å². The van der Waals surface area contributed by atoms with Gasteiger partial charge >= 0.3 is 11.9 Å². The molecular formula is C46H61F2N9O12. The average Bonchev–Trinajstić information content (AvgIpc) is 3.69. The van der Waals surface area contributed by atoms with Crippen LogP contribution < -0.4 is 38.0 Å². The van der Waals surface area contributed by atoms with Crippen LogP contribution in [0.1, 0.15) is 84.0 Å². The lowest BCUT2D eigenvalue weighted by Crippen LogP contribution is -2.58. The number of aromatic nitrogens is 1. The van der Waals surface area contributed by atoms with Crippen LogP contribution in [0, 0.1) is 17.0 Å². The van der Waals surface area contributed by atoms with E-state index in [9.17, 15) is 57.8 Å². The summed E-state index contributed by atoms with van der Waals surface area (Å²) in [7, 11) is 0. The maximum absolute atomic E-state index is 15.3. The minimum Gasteiger partial charge on any atom is -0.481 e. The molecule has 6 atom stereocenters. The number of aliphatic hydroxyl groups is 1. The van der Waals surface area contributed by atoms with Gasteiger partial charge in [-0.15, -0.1) is 0 Å². The Bertz CT molecular complexity index is 2370. The van der Waals surface area contributed by atoms with E-state index in [0.29, 0.717) is 5.69 Å². The zero-order chi connectivity index (χ0) is 52.5. The molecule has 12 N–H and O–H groups in total. The SMILES string of the molecule is [2H]N[C@@H](C)C(=O)N[C@@H](C)C(=O)N[C@@H](CC(N)=O)C(=O)N[C@@H](CCN(C(=O)CO)[C@@H](c1cc(-c2cc(F)ccc2F)cn1Cc1ccccc1)C(C)(C)C)C(=O)NCCC(=O)N[C@H](CCC(=O)O)C(=O)O. The molecule has 0 radical (unpaired) electrons. The largest absolute Gasteiger partial charge is 0.481 e. The molecule has 0 saturated carbocycles. The quantitative estimate of drug-likeness (QED) is 0.0496. The molecule has 69 heavy (non-hydrogen) atoms. The van der Waals surface area contributed by atoms with E-state index in [-0.39, 0.29) is 17.7 Å². The van der Waals surface area contributed by atoms with Crippen molar-refractivity contribution in [2.24, 2.45) is 16.9 Å². The minimum atomic E-state index is -1.75. The van der Waals surface area contributed by atoms with Crippen LogP contribution in [0.4, 0.5) is 8.78 Å². The average molecular weight is 971 g/mol. The van der Waals surface area contributed by atoms with Crippen molar-refractivity contribution in [2.45, 2.75) is 110 Å². The molecule has 2 aromatic carbocycles. The third kappa shape index (κ3) is 17.4. The monoisotopic (exact) mass is 970 g/mol. The number of aliphatic hydroxyl groups excluding tert-OH is 1. The first-order chi connectivity index (χ1) is 32.9. The van der Waals surface area contributed by atoms with Gasteiger partial charge in [0.25, 0.3) is 0 Å². The van der Waals surface area contributed by atoms with E-state index in [2.05, 4.69) is 26.6 Å². The van der Waals surface area contributed by atoms with Crippen molar-refractivity contribution in [1.82, 2.24) is 36.1 Å². The van der Waals surface area contributed by atoms with Crippen LogP contribution in [0.3, 0.4) is 0 Å². The van der Waals surface area contributed by atoms with Crippen LogP contribution in [0.2, 0.25) is 1.41 Å². The van der Waals surface area contributed by atoms with Gasteiger partial charge in [-0.2, -0.15) is 0 Å². The first-order valence-corrected chi connectivity index (χ1v) is 21.8. The molecule has 376 valence electrons. The van der Waals surface area contributed by atoms with Gasteiger partial charge in [0, 0.05) is 55.5 Å². The fraction of sp³-hybridized carbons (Fsp3) is 0.457. The third-order valence-electron chi connectivity index (χ3n) is 10.6. The first kappa shape index (κ1) is 54.3. The zero-order valence-electron chi connectivity index (χ0n) is 39.8. The lowest BCUT2D eigenvalue weighted by molar-refractivity contribution is -0.143. The number of carboxylic acids is 2. The van der Waals surface area contributed by atoms with Crippen molar-refractivity contribution in [3.63, 3.8) is 0 Å². The van der Waals surface area contributed by atoms with Gasteiger partial charge in [-0.1, -0.05) is 51.1 Å². The number of nitrogens with two attached hydrogens (primary N) is 2. The second kappa shape index (κ2) is 25.7. The maximum Gasteiger partial charge on any atom is 0.326 e. The topological polar surface area (TPSA) is 335 Å². The molecule has 0 aliphatic rings. The molecule has 0 bridgehead atoms. The van der Waals surface area contributed by atoms with Crippen LogP contribution in [-0.2, 0) is 49.7 Å². The molecule has 23 heteroatoms. The summed E-state index contributed by atoms with van der Waals surface area (Å²) in [6.45, 7) is 6.17. The maximum atomic E-state index is 15.3. The van der Waals surface area contributed by atoms with Crippen LogP contribution in [0.15, 0.2) is 60.8 Å². The summed E-state index contributed by atoms with van der Waals surface area (Å²) in [5, 5.41) is 40.5. The van der Waals surface area contributed by atoms with E-state index in [4.69, 9.17) is 12.3 Å². The molecule has 1 heterocycles. The molecule has 3 rings (SSSR count). The standard InChI is InChI=1S/C46H61F2N9O12/c1-25(49)41(64)52-26(2)42(65)55-34(21-36(50)59)44(67)54-32(43(66)51-17-15-37(60)53-33(45(68)69)13-14-39(62)63)16-18-57(38(61)24-58)40(46(3,4)5)35-19-28(30-20-29(47)11-12-31(30)48)23-56(35)22-27-9-7-6-8-10-27/h6-12,19-20,23,25-26,32-34,40,58H,13-18,21-22,24,49H2,1-5H3,(H2,50,59)(H,51,66)(H,52,64)(H,53,60)(H,54,67)(H,55,65)(H,62,63)(H,68,69)/t25-,26-,32-,33+,34-,40-/m0/s1/i/hD. The summed E-state index contributed by atoms with van der Waals surface area (Å²) in [5.41, 5.74) is 7.82. The van der Waals surface area contributed by atoms with E-state index in [1.807, 2.05) is 17.9 Å². The summed E-state index contributed by atoms with van der Waals surface area (Å²) in [6.07, 6.45) is -1.21. The normalized spacial score (nSPS) is 14.1. The number of hydrogen-bond donors (Lipinski definition) is 10. The Kier molecular flexibility index (Phi) is 20.3. The van der Waals surface area contributed by atoms with E-state index in [0.717, 1.165) is 23.8 Å². The van der Waals surface area contributed by atoms with Crippen LogP contribution in [0.25, 0.3) is 11.1 Å². The summed E-state index contributed by atoms with van der Waals surface area (Å²) >= 11 is 0. The molecule has 0 fully saturated rings. The highest BCUT2D eigenvalue weighted by atomic mass is 19.1.